The van der Waals surface area contributed by atoms with Crippen molar-refractivity contribution < 1.29 is 28.3 Å². The third-order valence-electron chi connectivity index (χ3n) is 5.81. The Hall–Kier alpha value is -3.35. The largest absolute Gasteiger partial charge is 0.466 e. The molecule has 0 N–H and O–H groups in total. The number of hydrogen-bond donors (Lipinski definition) is 0. The SMILES string of the molecule is CCOC(=O)C1CCN(C(=O)COC(=O)c2oc3c(ccc4ccccc43)c2C)CC1. The normalized spacial score (nSPS) is 14.7. The fourth-order valence-corrected chi connectivity index (χ4v) is 4.05. The Balaban J connectivity index is 1.39. The van der Waals surface area contributed by atoms with Crippen LogP contribution in [0.25, 0.3) is 21.7 Å². The maximum atomic E-state index is 12.6. The van der Waals surface area contributed by atoms with Gasteiger partial charge < -0.3 is 18.8 Å². The average molecular weight is 423 g/mol. The molecule has 0 bridgehead atoms. The zero-order chi connectivity index (χ0) is 22.0. The van der Waals surface area contributed by atoms with E-state index in [1.54, 1.807) is 18.7 Å². The first-order chi connectivity index (χ1) is 15.0. The van der Waals surface area contributed by atoms with Crippen LogP contribution >= 0.6 is 0 Å². The quantitative estimate of drug-likeness (QED) is 0.580. The Bertz CT molecular complexity index is 1140. The monoisotopic (exact) mass is 423 g/mol. The number of likely N-dealkylation sites (tertiary alicyclic amines) is 1. The molecule has 0 saturated carbocycles. The van der Waals surface area contributed by atoms with Crippen molar-refractivity contribution in [3.05, 3.63) is 47.7 Å². The topological polar surface area (TPSA) is 86.0 Å². The summed E-state index contributed by atoms with van der Waals surface area (Å²) in [7, 11) is 0. The van der Waals surface area contributed by atoms with Crippen LogP contribution in [0.5, 0.6) is 0 Å². The predicted octanol–water partition coefficient (Wildman–Crippen LogP) is 3.85. The van der Waals surface area contributed by atoms with Crippen LogP contribution in [-0.4, -0.2) is 49.0 Å². The third kappa shape index (κ3) is 4.13. The van der Waals surface area contributed by atoms with Crippen molar-refractivity contribution in [3.8, 4) is 0 Å². The predicted molar refractivity (Wildman–Crippen MR) is 115 cm³/mol. The molecule has 0 spiro atoms. The minimum atomic E-state index is -0.660. The minimum absolute atomic E-state index is 0.111. The van der Waals surface area contributed by atoms with E-state index in [0.29, 0.717) is 43.7 Å². The van der Waals surface area contributed by atoms with E-state index < -0.39 is 5.97 Å². The molecule has 1 amide bonds. The van der Waals surface area contributed by atoms with Crippen LogP contribution in [0.1, 0.15) is 35.9 Å². The molecule has 7 nitrogen and oxygen atoms in total. The lowest BCUT2D eigenvalue weighted by Gasteiger charge is -2.30. The van der Waals surface area contributed by atoms with Crippen molar-refractivity contribution >= 4 is 39.6 Å². The maximum Gasteiger partial charge on any atom is 0.375 e. The maximum absolute atomic E-state index is 12.6. The molecule has 1 saturated heterocycles. The van der Waals surface area contributed by atoms with Gasteiger partial charge in [0.1, 0.15) is 5.58 Å². The Morgan fingerprint density at radius 2 is 1.77 bits per heavy atom. The highest BCUT2D eigenvalue weighted by atomic mass is 16.5. The molecule has 2 aromatic carbocycles. The first-order valence-corrected chi connectivity index (χ1v) is 10.5. The molecule has 1 fully saturated rings. The molecule has 162 valence electrons. The van der Waals surface area contributed by atoms with Crippen LogP contribution in [0.15, 0.2) is 40.8 Å². The summed E-state index contributed by atoms with van der Waals surface area (Å²) in [6.07, 6.45) is 1.10. The molecule has 2 heterocycles. The van der Waals surface area contributed by atoms with E-state index in [9.17, 15) is 14.4 Å². The van der Waals surface area contributed by atoms with Crippen LogP contribution in [0.2, 0.25) is 0 Å². The van der Waals surface area contributed by atoms with Crippen LogP contribution in [-0.2, 0) is 19.1 Å². The number of benzene rings is 2. The molecule has 0 unspecified atom stereocenters. The van der Waals surface area contributed by atoms with E-state index in [1.807, 2.05) is 36.4 Å². The summed E-state index contributed by atoms with van der Waals surface area (Å²) in [6, 6.07) is 11.7. The summed E-state index contributed by atoms with van der Waals surface area (Å²) < 4.78 is 16.2. The van der Waals surface area contributed by atoms with Crippen molar-refractivity contribution in [3.63, 3.8) is 0 Å². The number of nitrogens with zero attached hydrogens (tertiary/aromatic N) is 1. The molecule has 0 radical (unpaired) electrons. The molecule has 0 aliphatic carbocycles. The number of esters is 2. The third-order valence-corrected chi connectivity index (χ3v) is 5.81. The Labute approximate surface area is 179 Å². The van der Waals surface area contributed by atoms with Gasteiger partial charge in [0.2, 0.25) is 5.76 Å². The number of aryl methyl sites for hydroxylation is 1. The highest BCUT2D eigenvalue weighted by Crippen LogP contribution is 2.32. The van der Waals surface area contributed by atoms with Gasteiger partial charge in [0.15, 0.2) is 6.61 Å². The standard InChI is InChI=1S/C24H25NO6/c1-3-29-23(27)17-10-12-25(13-11-17)20(26)14-30-24(28)21-15(2)18-9-8-16-6-4-5-7-19(16)22(18)31-21/h4-9,17H,3,10-14H2,1-2H3. The molecule has 31 heavy (non-hydrogen) atoms. The van der Waals surface area contributed by atoms with Crippen LogP contribution in [0, 0.1) is 12.8 Å². The average Bonchev–Trinajstić information content (AvgIpc) is 3.14. The van der Waals surface area contributed by atoms with E-state index in [1.165, 1.54) is 0 Å². The highest BCUT2D eigenvalue weighted by Gasteiger charge is 2.29. The fourth-order valence-electron chi connectivity index (χ4n) is 4.05. The van der Waals surface area contributed by atoms with Gasteiger partial charge in [-0.2, -0.15) is 0 Å². The van der Waals surface area contributed by atoms with E-state index in [4.69, 9.17) is 13.9 Å². The number of furan rings is 1. The number of amides is 1. The number of fused-ring (bicyclic) bond motifs is 3. The Kier molecular flexibility index (Phi) is 5.93. The minimum Gasteiger partial charge on any atom is -0.466 e. The highest BCUT2D eigenvalue weighted by molar-refractivity contribution is 6.08. The number of hydrogen-bond acceptors (Lipinski definition) is 6. The Morgan fingerprint density at radius 3 is 2.52 bits per heavy atom. The Morgan fingerprint density at radius 1 is 1.03 bits per heavy atom. The molecule has 1 aliphatic heterocycles. The van der Waals surface area contributed by atoms with Gasteiger partial charge >= 0.3 is 11.9 Å². The van der Waals surface area contributed by atoms with Crippen LogP contribution < -0.4 is 0 Å². The summed E-state index contributed by atoms with van der Waals surface area (Å²) in [6.45, 7) is 4.45. The van der Waals surface area contributed by atoms with Crippen molar-refractivity contribution in [2.24, 2.45) is 5.92 Å². The number of carbonyl (C=O) groups is 3. The van der Waals surface area contributed by atoms with Gasteiger partial charge in [-0.15, -0.1) is 0 Å². The van der Waals surface area contributed by atoms with Crippen molar-refractivity contribution in [1.82, 2.24) is 4.90 Å². The molecule has 4 rings (SSSR count). The zero-order valence-electron chi connectivity index (χ0n) is 17.7. The fraction of sp³-hybridized carbons (Fsp3) is 0.375. The van der Waals surface area contributed by atoms with Gasteiger partial charge in [0.05, 0.1) is 12.5 Å². The van der Waals surface area contributed by atoms with E-state index in [2.05, 4.69) is 0 Å². The second-order valence-electron chi connectivity index (χ2n) is 7.70. The molecule has 0 atom stereocenters. The first kappa shape index (κ1) is 20.9. The molecule has 1 aliphatic rings. The second-order valence-corrected chi connectivity index (χ2v) is 7.70. The van der Waals surface area contributed by atoms with Gasteiger partial charge in [-0.3, -0.25) is 9.59 Å². The lowest BCUT2D eigenvalue weighted by molar-refractivity contribution is -0.151. The summed E-state index contributed by atoms with van der Waals surface area (Å²) >= 11 is 0. The zero-order valence-corrected chi connectivity index (χ0v) is 17.7. The molecular formula is C24H25NO6. The van der Waals surface area contributed by atoms with Crippen molar-refractivity contribution in [2.75, 3.05) is 26.3 Å². The van der Waals surface area contributed by atoms with Crippen molar-refractivity contribution in [1.29, 1.82) is 0 Å². The van der Waals surface area contributed by atoms with E-state index in [0.717, 1.165) is 16.2 Å². The van der Waals surface area contributed by atoms with Crippen molar-refractivity contribution in [2.45, 2.75) is 26.7 Å². The summed E-state index contributed by atoms with van der Waals surface area (Å²) in [4.78, 5) is 38.5. The lowest BCUT2D eigenvalue weighted by Crippen LogP contribution is -2.42. The second kappa shape index (κ2) is 8.79. The molecule has 7 heteroatoms. The summed E-state index contributed by atoms with van der Waals surface area (Å²) in [5, 5.41) is 2.78. The van der Waals surface area contributed by atoms with Gasteiger partial charge in [-0.25, -0.2) is 4.79 Å². The number of ether oxygens (including phenoxy) is 2. The van der Waals surface area contributed by atoms with E-state index in [-0.39, 0.29) is 30.2 Å². The smallest absolute Gasteiger partial charge is 0.375 e. The lowest BCUT2D eigenvalue weighted by atomic mass is 9.97. The molecular weight excluding hydrogens is 398 g/mol. The summed E-state index contributed by atoms with van der Waals surface area (Å²) in [5.41, 5.74) is 1.32. The van der Waals surface area contributed by atoms with Gasteiger partial charge in [-0.1, -0.05) is 36.4 Å². The van der Waals surface area contributed by atoms with E-state index >= 15 is 0 Å². The van der Waals surface area contributed by atoms with Crippen LogP contribution in [0.3, 0.4) is 0 Å². The number of carbonyl (C=O) groups excluding carboxylic acids is 3. The molecule has 3 aromatic rings. The first-order valence-electron chi connectivity index (χ1n) is 10.5. The van der Waals surface area contributed by atoms with Crippen LogP contribution in [0.4, 0.5) is 0 Å². The van der Waals surface area contributed by atoms with Gasteiger partial charge in [0.25, 0.3) is 5.91 Å². The van der Waals surface area contributed by atoms with Gasteiger partial charge in [-0.05, 0) is 32.1 Å². The number of piperidine rings is 1. The molecule has 1 aromatic heterocycles. The summed E-state index contributed by atoms with van der Waals surface area (Å²) in [5.74, 6) is -1.23. The number of rotatable bonds is 5. The van der Waals surface area contributed by atoms with Gasteiger partial charge in [0, 0.05) is 29.4 Å².